The molecule has 4 heterocycles. The zero-order valence-electron chi connectivity index (χ0n) is 25.4. The number of aromatic nitrogens is 6. The minimum atomic E-state index is 0.547. The molecule has 226 valence electrons. The highest BCUT2D eigenvalue weighted by molar-refractivity contribution is 5.78. The van der Waals surface area contributed by atoms with Crippen molar-refractivity contribution < 1.29 is 8.83 Å². The van der Waals surface area contributed by atoms with Crippen molar-refractivity contribution >= 4 is 22.2 Å². The van der Waals surface area contributed by atoms with Gasteiger partial charge >= 0.3 is 0 Å². The maximum Gasteiger partial charge on any atom is 0.227 e. The molecule has 0 radical (unpaired) electrons. The molecular weight excluding hydrogens is 596 g/mol. The van der Waals surface area contributed by atoms with Crippen LogP contribution in [-0.2, 0) is 0 Å². The molecule has 8 nitrogen and oxygen atoms in total. The van der Waals surface area contributed by atoms with E-state index in [0.29, 0.717) is 29.3 Å². The van der Waals surface area contributed by atoms with E-state index in [2.05, 4.69) is 21.0 Å². The summed E-state index contributed by atoms with van der Waals surface area (Å²) in [5, 5.41) is 0. The first kappa shape index (κ1) is 27.5. The van der Waals surface area contributed by atoms with E-state index in [1.165, 1.54) is 0 Å². The highest BCUT2D eigenvalue weighted by Gasteiger charge is 2.15. The highest BCUT2D eigenvalue weighted by Crippen LogP contribution is 2.31. The first-order chi connectivity index (χ1) is 23.7. The van der Waals surface area contributed by atoms with Crippen molar-refractivity contribution in [2.24, 2.45) is 0 Å². The van der Waals surface area contributed by atoms with Gasteiger partial charge in [-0.1, -0.05) is 72.8 Å². The lowest BCUT2D eigenvalue weighted by Gasteiger charge is -2.10. The average Bonchev–Trinajstić information content (AvgIpc) is 3.80. The molecule has 9 rings (SSSR count). The van der Waals surface area contributed by atoms with Gasteiger partial charge < -0.3 is 8.83 Å². The molecule has 0 saturated heterocycles. The topological polar surface area (TPSA) is 104 Å². The summed E-state index contributed by atoms with van der Waals surface area (Å²) in [4.78, 5) is 28.7. The van der Waals surface area contributed by atoms with E-state index in [1.54, 1.807) is 6.20 Å². The number of rotatable bonds is 6. The fourth-order valence-corrected chi connectivity index (χ4v) is 5.63. The van der Waals surface area contributed by atoms with Crippen LogP contribution in [-0.4, -0.2) is 29.9 Å². The fourth-order valence-electron chi connectivity index (χ4n) is 5.63. The standard InChI is InChI=1S/C40H24N6O2/c1-3-13-34-32(11-1)42-39(47-34)27-19-15-25(16-20-27)36-44-37(26-17-21-28(22-18-26)40-43-33-12-2-4-14-35(33)48-40)46-38(45-36)30-9-7-8-29(24-30)31-10-5-6-23-41-31/h1-24H. The average molecular weight is 621 g/mol. The summed E-state index contributed by atoms with van der Waals surface area (Å²) in [5.41, 5.74) is 9.24. The number of para-hydroxylation sites is 4. The molecule has 0 aliphatic heterocycles. The Kier molecular flexibility index (Phi) is 6.61. The Bertz CT molecular complexity index is 2360. The van der Waals surface area contributed by atoms with E-state index in [0.717, 1.165) is 61.3 Å². The van der Waals surface area contributed by atoms with Crippen LogP contribution in [0.4, 0.5) is 0 Å². The Morgan fingerprint density at radius 3 is 1.35 bits per heavy atom. The molecule has 0 spiro atoms. The van der Waals surface area contributed by atoms with Gasteiger partial charge in [0.15, 0.2) is 28.6 Å². The third kappa shape index (κ3) is 5.17. The van der Waals surface area contributed by atoms with Gasteiger partial charge in [0.25, 0.3) is 0 Å². The Morgan fingerprint density at radius 2 is 0.833 bits per heavy atom. The Morgan fingerprint density at radius 1 is 0.354 bits per heavy atom. The summed E-state index contributed by atoms with van der Waals surface area (Å²) in [5.74, 6) is 2.77. The van der Waals surface area contributed by atoms with Crippen molar-refractivity contribution in [1.29, 1.82) is 0 Å². The number of benzene rings is 5. The molecule has 0 atom stereocenters. The molecule has 0 bridgehead atoms. The van der Waals surface area contributed by atoms with Gasteiger partial charge in [0.2, 0.25) is 11.8 Å². The Hall–Kier alpha value is -6.80. The van der Waals surface area contributed by atoms with Crippen LogP contribution in [0.1, 0.15) is 0 Å². The maximum absolute atomic E-state index is 5.99. The molecule has 0 aliphatic carbocycles. The fraction of sp³-hybridized carbons (Fsp3) is 0. The van der Waals surface area contributed by atoms with Crippen LogP contribution in [0.15, 0.2) is 155 Å². The molecule has 9 aromatic rings. The summed E-state index contributed by atoms with van der Waals surface area (Å²) < 4.78 is 12.0. The van der Waals surface area contributed by atoms with Gasteiger partial charge in [-0.05, 0) is 66.7 Å². The van der Waals surface area contributed by atoms with E-state index in [1.807, 2.05) is 133 Å². The molecule has 0 fully saturated rings. The summed E-state index contributed by atoms with van der Waals surface area (Å²) >= 11 is 0. The second-order valence-electron chi connectivity index (χ2n) is 11.2. The van der Waals surface area contributed by atoms with Crippen LogP contribution >= 0.6 is 0 Å². The van der Waals surface area contributed by atoms with Crippen LogP contribution in [0.2, 0.25) is 0 Å². The highest BCUT2D eigenvalue weighted by atomic mass is 16.4. The minimum absolute atomic E-state index is 0.547. The predicted molar refractivity (Wildman–Crippen MR) is 185 cm³/mol. The van der Waals surface area contributed by atoms with Gasteiger partial charge in [-0.2, -0.15) is 0 Å². The second kappa shape index (κ2) is 11.5. The van der Waals surface area contributed by atoms with E-state index in [4.69, 9.17) is 23.8 Å². The van der Waals surface area contributed by atoms with E-state index < -0.39 is 0 Å². The normalized spacial score (nSPS) is 11.3. The number of nitrogens with zero attached hydrogens (tertiary/aromatic N) is 6. The third-order valence-electron chi connectivity index (χ3n) is 8.08. The third-order valence-corrected chi connectivity index (χ3v) is 8.08. The smallest absolute Gasteiger partial charge is 0.227 e. The summed E-state index contributed by atoms with van der Waals surface area (Å²) in [6.45, 7) is 0. The minimum Gasteiger partial charge on any atom is -0.436 e. The first-order valence-corrected chi connectivity index (χ1v) is 15.4. The SMILES string of the molecule is c1ccc(-c2cccc(-c3nc(-c4ccc(-c5nc6ccccc6o5)cc4)nc(-c4ccc(-c5nc6ccccc6o5)cc4)n3)c2)nc1. The molecular formula is C40H24N6O2. The van der Waals surface area contributed by atoms with Crippen molar-refractivity contribution in [3.05, 3.63) is 146 Å². The number of pyridine rings is 1. The van der Waals surface area contributed by atoms with Gasteiger partial charge in [0, 0.05) is 39.6 Å². The number of fused-ring (bicyclic) bond motifs is 2. The molecule has 0 N–H and O–H groups in total. The molecule has 8 heteroatoms. The van der Waals surface area contributed by atoms with Crippen LogP contribution in [0.25, 0.3) is 90.5 Å². The molecule has 0 unspecified atom stereocenters. The van der Waals surface area contributed by atoms with Gasteiger partial charge in [0.1, 0.15) is 11.0 Å². The van der Waals surface area contributed by atoms with Crippen molar-refractivity contribution in [3.63, 3.8) is 0 Å². The van der Waals surface area contributed by atoms with Crippen LogP contribution in [0, 0.1) is 0 Å². The summed E-state index contributed by atoms with van der Waals surface area (Å²) in [6.07, 6.45) is 1.79. The molecule has 5 aromatic carbocycles. The quantitative estimate of drug-likeness (QED) is 0.181. The molecule has 0 amide bonds. The maximum atomic E-state index is 5.99. The lowest BCUT2D eigenvalue weighted by Crippen LogP contribution is -2.00. The van der Waals surface area contributed by atoms with E-state index >= 15 is 0 Å². The van der Waals surface area contributed by atoms with Crippen molar-refractivity contribution in [1.82, 2.24) is 29.9 Å². The van der Waals surface area contributed by atoms with Crippen molar-refractivity contribution in [2.75, 3.05) is 0 Å². The lowest BCUT2D eigenvalue weighted by atomic mass is 10.1. The van der Waals surface area contributed by atoms with Crippen LogP contribution < -0.4 is 0 Å². The summed E-state index contributed by atoms with van der Waals surface area (Å²) in [7, 11) is 0. The molecule has 0 aliphatic rings. The lowest BCUT2D eigenvalue weighted by molar-refractivity contribution is 0.619. The van der Waals surface area contributed by atoms with Gasteiger partial charge in [0.05, 0.1) is 5.69 Å². The van der Waals surface area contributed by atoms with Gasteiger partial charge in [-0.3, -0.25) is 4.98 Å². The van der Waals surface area contributed by atoms with E-state index in [-0.39, 0.29) is 0 Å². The number of hydrogen-bond acceptors (Lipinski definition) is 8. The van der Waals surface area contributed by atoms with Gasteiger partial charge in [-0.25, -0.2) is 24.9 Å². The number of hydrogen-bond donors (Lipinski definition) is 0. The molecule has 4 aromatic heterocycles. The Balaban J connectivity index is 1.12. The summed E-state index contributed by atoms with van der Waals surface area (Å²) in [6, 6.07) is 45.2. The van der Waals surface area contributed by atoms with E-state index in [9.17, 15) is 0 Å². The number of oxazole rings is 2. The predicted octanol–water partition coefficient (Wildman–Crippen LogP) is 9.55. The molecule has 0 saturated carbocycles. The Labute approximate surface area is 274 Å². The first-order valence-electron chi connectivity index (χ1n) is 15.4. The van der Waals surface area contributed by atoms with Crippen molar-refractivity contribution in [3.8, 4) is 68.3 Å². The largest absolute Gasteiger partial charge is 0.436 e. The zero-order chi connectivity index (χ0) is 31.9. The van der Waals surface area contributed by atoms with Crippen molar-refractivity contribution in [2.45, 2.75) is 0 Å². The second-order valence-corrected chi connectivity index (χ2v) is 11.2. The van der Waals surface area contributed by atoms with Crippen LogP contribution in [0.3, 0.4) is 0 Å². The monoisotopic (exact) mass is 620 g/mol. The van der Waals surface area contributed by atoms with Crippen LogP contribution in [0.5, 0.6) is 0 Å². The zero-order valence-corrected chi connectivity index (χ0v) is 25.4. The molecule has 48 heavy (non-hydrogen) atoms. The van der Waals surface area contributed by atoms with Gasteiger partial charge in [-0.15, -0.1) is 0 Å².